The molecule has 0 spiro atoms. The number of ether oxygens (including phenoxy) is 1. The monoisotopic (exact) mass is 439 g/mol. The van der Waals surface area contributed by atoms with Gasteiger partial charge in [0, 0.05) is 48.7 Å². The van der Waals surface area contributed by atoms with Crippen LogP contribution in [-0.2, 0) is 9.53 Å². The standard InChI is InChI=1S/C23H25N3O4S/c1-16-3-2-4-18(15-16)24-23(29)26-12-10-25(11-13-26)21(27)17-5-7-19(8-6-17)31-20-9-14-30-22(20)28/h2-8,15,20H,9-14H2,1H3,(H,24,29). The van der Waals surface area contributed by atoms with Gasteiger partial charge in [0.15, 0.2) is 0 Å². The summed E-state index contributed by atoms with van der Waals surface area (Å²) in [6.45, 7) is 4.41. The number of hydrogen-bond donors (Lipinski definition) is 1. The van der Waals surface area contributed by atoms with Crippen molar-refractivity contribution < 1.29 is 19.1 Å². The molecule has 31 heavy (non-hydrogen) atoms. The summed E-state index contributed by atoms with van der Waals surface area (Å²) in [7, 11) is 0. The van der Waals surface area contributed by atoms with Crippen molar-refractivity contribution >= 4 is 35.4 Å². The van der Waals surface area contributed by atoms with Gasteiger partial charge in [0.05, 0.1) is 6.61 Å². The average molecular weight is 440 g/mol. The van der Waals surface area contributed by atoms with E-state index in [0.717, 1.165) is 16.1 Å². The first-order valence-corrected chi connectivity index (χ1v) is 11.2. The number of anilines is 1. The molecule has 0 radical (unpaired) electrons. The van der Waals surface area contributed by atoms with E-state index in [1.807, 2.05) is 43.3 Å². The predicted octanol–water partition coefficient (Wildman–Crippen LogP) is 3.39. The zero-order valence-electron chi connectivity index (χ0n) is 17.4. The molecule has 1 unspecified atom stereocenters. The molecule has 2 heterocycles. The summed E-state index contributed by atoms with van der Waals surface area (Å²) in [6.07, 6.45) is 0.714. The topological polar surface area (TPSA) is 79.0 Å². The van der Waals surface area contributed by atoms with Crippen molar-refractivity contribution in [2.75, 3.05) is 38.1 Å². The van der Waals surface area contributed by atoms with Crippen LogP contribution in [0.1, 0.15) is 22.3 Å². The van der Waals surface area contributed by atoms with Gasteiger partial charge in [0.25, 0.3) is 5.91 Å². The van der Waals surface area contributed by atoms with E-state index in [0.29, 0.717) is 44.8 Å². The normalized spacial score (nSPS) is 18.6. The Labute approximate surface area is 185 Å². The number of cyclic esters (lactones) is 1. The van der Waals surface area contributed by atoms with E-state index in [1.54, 1.807) is 21.9 Å². The Morgan fingerprint density at radius 3 is 2.39 bits per heavy atom. The number of hydrogen-bond acceptors (Lipinski definition) is 5. The summed E-state index contributed by atoms with van der Waals surface area (Å²) in [5.41, 5.74) is 2.46. The van der Waals surface area contributed by atoms with Crippen LogP contribution in [0.5, 0.6) is 0 Å². The molecule has 0 bridgehead atoms. The molecule has 3 amide bonds. The van der Waals surface area contributed by atoms with E-state index in [4.69, 9.17) is 4.74 Å². The second kappa shape index (κ2) is 9.43. The third-order valence-corrected chi connectivity index (χ3v) is 6.65. The number of carbonyl (C=O) groups is 3. The smallest absolute Gasteiger partial charge is 0.321 e. The number of urea groups is 1. The number of carbonyl (C=O) groups excluding carboxylic acids is 3. The Bertz CT molecular complexity index is 971. The van der Waals surface area contributed by atoms with Crippen LogP contribution in [0.25, 0.3) is 0 Å². The lowest BCUT2D eigenvalue weighted by Crippen LogP contribution is -2.51. The molecular formula is C23H25N3O4S. The molecule has 162 valence electrons. The molecule has 2 aliphatic heterocycles. The minimum Gasteiger partial charge on any atom is -0.465 e. The molecule has 1 N–H and O–H groups in total. The van der Waals surface area contributed by atoms with Crippen molar-refractivity contribution in [2.24, 2.45) is 0 Å². The molecule has 2 aromatic rings. The van der Waals surface area contributed by atoms with Gasteiger partial charge < -0.3 is 19.9 Å². The van der Waals surface area contributed by atoms with Crippen molar-refractivity contribution in [3.05, 3.63) is 59.7 Å². The van der Waals surface area contributed by atoms with Crippen LogP contribution in [0.4, 0.5) is 10.5 Å². The highest BCUT2D eigenvalue weighted by atomic mass is 32.2. The highest BCUT2D eigenvalue weighted by Crippen LogP contribution is 2.29. The van der Waals surface area contributed by atoms with E-state index >= 15 is 0 Å². The summed E-state index contributed by atoms with van der Waals surface area (Å²) in [4.78, 5) is 41.4. The Kier molecular flexibility index (Phi) is 6.46. The van der Waals surface area contributed by atoms with Gasteiger partial charge in [-0.1, -0.05) is 12.1 Å². The summed E-state index contributed by atoms with van der Waals surface area (Å²) in [6, 6.07) is 14.9. The lowest BCUT2D eigenvalue weighted by Gasteiger charge is -2.34. The van der Waals surface area contributed by atoms with Gasteiger partial charge in [0.2, 0.25) is 0 Å². The van der Waals surface area contributed by atoms with Crippen molar-refractivity contribution in [1.29, 1.82) is 0 Å². The fraction of sp³-hybridized carbons (Fsp3) is 0.348. The number of amides is 3. The van der Waals surface area contributed by atoms with E-state index in [-0.39, 0.29) is 23.2 Å². The maximum Gasteiger partial charge on any atom is 0.321 e. The maximum atomic E-state index is 12.8. The highest BCUT2D eigenvalue weighted by Gasteiger charge is 2.28. The second-order valence-corrected chi connectivity index (χ2v) is 8.94. The highest BCUT2D eigenvalue weighted by molar-refractivity contribution is 8.00. The molecule has 1 atom stereocenters. The van der Waals surface area contributed by atoms with E-state index in [1.165, 1.54) is 11.8 Å². The lowest BCUT2D eigenvalue weighted by molar-refractivity contribution is -0.137. The second-order valence-electron chi connectivity index (χ2n) is 7.67. The van der Waals surface area contributed by atoms with Gasteiger partial charge in [-0.3, -0.25) is 9.59 Å². The third-order valence-electron chi connectivity index (χ3n) is 5.39. The minimum atomic E-state index is -0.172. The summed E-state index contributed by atoms with van der Waals surface area (Å²) < 4.78 is 4.99. The number of piperazine rings is 1. The molecule has 7 nitrogen and oxygen atoms in total. The van der Waals surface area contributed by atoms with Crippen molar-refractivity contribution in [3.8, 4) is 0 Å². The first-order valence-electron chi connectivity index (χ1n) is 10.3. The van der Waals surface area contributed by atoms with Crippen molar-refractivity contribution in [1.82, 2.24) is 9.80 Å². The van der Waals surface area contributed by atoms with E-state index in [9.17, 15) is 14.4 Å². The molecule has 4 rings (SSSR count). The number of nitrogens with one attached hydrogen (secondary N) is 1. The number of rotatable bonds is 4. The first kappa shape index (κ1) is 21.2. The van der Waals surface area contributed by atoms with Crippen LogP contribution in [-0.4, -0.2) is 65.7 Å². The first-order chi connectivity index (χ1) is 15.0. The van der Waals surface area contributed by atoms with E-state index < -0.39 is 0 Å². The molecule has 2 aliphatic rings. The molecule has 2 aromatic carbocycles. The fourth-order valence-electron chi connectivity index (χ4n) is 3.65. The van der Waals surface area contributed by atoms with Crippen LogP contribution < -0.4 is 5.32 Å². The Balaban J connectivity index is 1.28. The number of thioether (sulfide) groups is 1. The van der Waals surface area contributed by atoms with Gasteiger partial charge in [-0.25, -0.2) is 4.79 Å². The lowest BCUT2D eigenvalue weighted by atomic mass is 10.2. The maximum absolute atomic E-state index is 12.8. The van der Waals surface area contributed by atoms with Crippen LogP contribution in [0.15, 0.2) is 53.4 Å². The van der Waals surface area contributed by atoms with E-state index in [2.05, 4.69) is 5.32 Å². The zero-order valence-corrected chi connectivity index (χ0v) is 18.2. The average Bonchev–Trinajstić information content (AvgIpc) is 3.18. The number of esters is 1. The Hall–Kier alpha value is -3.00. The van der Waals surface area contributed by atoms with Crippen LogP contribution in [0.2, 0.25) is 0 Å². The molecular weight excluding hydrogens is 414 g/mol. The number of aryl methyl sites for hydroxylation is 1. The van der Waals surface area contributed by atoms with Gasteiger partial charge in [-0.15, -0.1) is 11.8 Å². The van der Waals surface area contributed by atoms with Crippen LogP contribution in [0, 0.1) is 6.92 Å². The quantitative estimate of drug-likeness (QED) is 0.739. The van der Waals surface area contributed by atoms with Gasteiger partial charge in [-0.2, -0.15) is 0 Å². The van der Waals surface area contributed by atoms with Crippen LogP contribution >= 0.6 is 11.8 Å². The fourth-order valence-corrected chi connectivity index (χ4v) is 4.65. The van der Waals surface area contributed by atoms with Gasteiger partial charge in [0.1, 0.15) is 5.25 Å². The summed E-state index contributed by atoms with van der Waals surface area (Å²) in [5, 5.41) is 2.75. The summed E-state index contributed by atoms with van der Waals surface area (Å²) >= 11 is 1.47. The zero-order chi connectivity index (χ0) is 21.8. The van der Waals surface area contributed by atoms with Crippen molar-refractivity contribution in [2.45, 2.75) is 23.5 Å². The Morgan fingerprint density at radius 2 is 1.74 bits per heavy atom. The number of nitrogens with zero attached hydrogens (tertiary/aromatic N) is 2. The molecule has 8 heteroatoms. The SMILES string of the molecule is Cc1cccc(NC(=O)N2CCN(C(=O)c3ccc(SC4CCOC4=O)cc3)CC2)c1. The van der Waals surface area contributed by atoms with Crippen LogP contribution in [0.3, 0.4) is 0 Å². The minimum absolute atomic E-state index is 0.0458. The molecule has 0 aromatic heterocycles. The van der Waals surface area contributed by atoms with Crippen molar-refractivity contribution in [3.63, 3.8) is 0 Å². The summed E-state index contributed by atoms with van der Waals surface area (Å²) in [5.74, 6) is -0.218. The largest absolute Gasteiger partial charge is 0.465 e. The third kappa shape index (κ3) is 5.19. The van der Waals surface area contributed by atoms with Gasteiger partial charge in [-0.05, 0) is 48.9 Å². The Morgan fingerprint density at radius 1 is 1.03 bits per heavy atom. The number of benzene rings is 2. The molecule has 2 saturated heterocycles. The molecule has 2 fully saturated rings. The predicted molar refractivity (Wildman–Crippen MR) is 119 cm³/mol. The molecule has 0 aliphatic carbocycles. The molecule has 0 saturated carbocycles. The van der Waals surface area contributed by atoms with Gasteiger partial charge >= 0.3 is 12.0 Å².